The van der Waals surface area contributed by atoms with Gasteiger partial charge in [-0.15, -0.1) is 0 Å². The second-order valence-electron chi connectivity index (χ2n) is 2.41. The molecule has 70 valence electrons. The molecule has 0 amide bonds. The lowest BCUT2D eigenvalue weighted by Crippen LogP contribution is -1.95. The van der Waals surface area contributed by atoms with Crippen molar-refractivity contribution in [2.45, 2.75) is 6.92 Å². The van der Waals surface area contributed by atoms with Gasteiger partial charge in [0.25, 0.3) is 5.69 Å². The van der Waals surface area contributed by atoms with Crippen LogP contribution in [0.3, 0.4) is 0 Å². The first-order valence-electron chi connectivity index (χ1n) is 3.23. The molecule has 0 saturated heterocycles. The highest BCUT2D eigenvalue weighted by Gasteiger charge is 2.22. The van der Waals surface area contributed by atoms with E-state index in [0.717, 1.165) is 0 Å². The molecule has 6 heteroatoms. The summed E-state index contributed by atoms with van der Waals surface area (Å²) in [4.78, 5) is 9.68. The van der Waals surface area contributed by atoms with Crippen molar-refractivity contribution in [3.05, 3.63) is 37.6 Å². The molecule has 13 heavy (non-hydrogen) atoms. The predicted molar refractivity (Wildman–Crippen MR) is 47.8 cm³/mol. The first-order chi connectivity index (χ1) is 5.95. The summed E-state index contributed by atoms with van der Waals surface area (Å²) in [5.74, 6) is -0.958. The molecule has 0 unspecified atom stereocenters. The summed E-state index contributed by atoms with van der Waals surface area (Å²) in [6, 6.07) is 1.17. The van der Waals surface area contributed by atoms with Crippen LogP contribution in [0, 0.1) is 22.9 Å². The van der Waals surface area contributed by atoms with Gasteiger partial charge in [0.2, 0.25) is 0 Å². The van der Waals surface area contributed by atoms with E-state index in [1.54, 1.807) is 0 Å². The smallest absolute Gasteiger partial charge is 0.258 e. The molecule has 0 aliphatic carbocycles. The zero-order valence-corrected chi connectivity index (χ0v) is 7.99. The molecule has 3 nitrogen and oxygen atoms in total. The maximum Gasteiger partial charge on any atom is 0.293 e. The Morgan fingerprint density at radius 1 is 1.54 bits per heavy atom. The molecule has 1 rings (SSSR count). The zero-order valence-electron chi connectivity index (χ0n) is 6.47. The van der Waals surface area contributed by atoms with Gasteiger partial charge in [-0.2, -0.15) is 0 Å². The lowest BCUT2D eigenvalue weighted by molar-refractivity contribution is -0.385. The Kier molecular flexibility index (Phi) is 2.73. The van der Waals surface area contributed by atoms with Crippen LogP contribution in [0.15, 0.2) is 6.07 Å². The SMILES string of the molecule is Cc1cc(Cl)c(F)c(Cl)c1[N+](=O)[O-]. The van der Waals surface area contributed by atoms with Crippen molar-refractivity contribution in [1.29, 1.82) is 0 Å². The van der Waals surface area contributed by atoms with E-state index in [2.05, 4.69) is 0 Å². The van der Waals surface area contributed by atoms with Gasteiger partial charge < -0.3 is 0 Å². The van der Waals surface area contributed by atoms with Crippen molar-refractivity contribution < 1.29 is 9.31 Å². The van der Waals surface area contributed by atoms with Crippen LogP contribution >= 0.6 is 23.2 Å². The highest BCUT2D eigenvalue weighted by molar-refractivity contribution is 6.36. The van der Waals surface area contributed by atoms with Gasteiger partial charge in [-0.1, -0.05) is 23.2 Å². The summed E-state index contributed by atoms with van der Waals surface area (Å²) in [5.41, 5.74) is -0.204. The van der Waals surface area contributed by atoms with E-state index >= 15 is 0 Å². The van der Waals surface area contributed by atoms with Gasteiger partial charge >= 0.3 is 0 Å². The Hall–Kier alpha value is -0.870. The average Bonchev–Trinajstić information content (AvgIpc) is 1.99. The summed E-state index contributed by atoms with van der Waals surface area (Å²) < 4.78 is 13.0. The molecule has 0 N–H and O–H groups in total. The molecule has 1 aromatic rings. The van der Waals surface area contributed by atoms with E-state index in [9.17, 15) is 14.5 Å². The van der Waals surface area contributed by atoms with E-state index in [0.29, 0.717) is 0 Å². The molecule has 0 radical (unpaired) electrons. The number of hydrogen-bond donors (Lipinski definition) is 0. The van der Waals surface area contributed by atoms with E-state index in [1.165, 1.54) is 13.0 Å². The molecule has 1 aromatic carbocycles. The second kappa shape index (κ2) is 3.47. The standard InChI is InChI=1S/C7H4Cl2FNO2/c1-3-2-4(8)6(10)5(9)7(3)11(12)13/h2H,1H3. The fourth-order valence-corrected chi connectivity index (χ4v) is 1.55. The van der Waals surface area contributed by atoms with Gasteiger partial charge in [0, 0.05) is 5.56 Å². The van der Waals surface area contributed by atoms with E-state index in [1.807, 2.05) is 0 Å². The number of aryl methyl sites for hydroxylation is 1. The molecule has 0 fully saturated rings. The maximum atomic E-state index is 13.0. The van der Waals surface area contributed by atoms with Gasteiger partial charge in [0.05, 0.1) is 9.95 Å². The first kappa shape index (κ1) is 10.2. The van der Waals surface area contributed by atoms with Crippen molar-refractivity contribution in [3.63, 3.8) is 0 Å². The Balaban J connectivity index is 3.53. The number of hydrogen-bond acceptors (Lipinski definition) is 2. The summed E-state index contributed by atoms with van der Waals surface area (Å²) >= 11 is 10.8. The molecule has 0 bridgehead atoms. The third-order valence-corrected chi connectivity index (χ3v) is 2.13. The van der Waals surface area contributed by atoms with Gasteiger partial charge in [-0.05, 0) is 13.0 Å². The normalized spacial score (nSPS) is 10.2. The van der Waals surface area contributed by atoms with Crippen LogP contribution in [-0.2, 0) is 0 Å². The number of nitro groups is 1. The minimum Gasteiger partial charge on any atom is -0.258 e. The van der Waals surface area contributed by atoms with Gasteiger partial charge in [0.15, 0.2) is 10.8 Å². The fraction of sp³-hybridized carbons (Fsp3) is 0.143. The predicted octanol–water partition coefficient (Wildman–Crippen LogP) is 3.35. The molecule has 0 saturated carbocycles. The minimum absolute atomic E-state index is 0.215. The van der Waals surface area contributed by atoms with Crippen LogP contribution in [-0.4, -0.2) is 4.92 Å². The monoisotopic (exact) mass is 223 g/mol. The molecule has 0 aromatic heterocycles. The van der Waals surface area contributed by atoms with Crippen LogP contribution < -0.4 is 0 Å². The third kappa shape index (κ3) is 1.73. The number of nitrogens with zero attached hydrogens (tertiary/aromatic N) is 1. The fourth-order valence-electron chi connectivity index (χ4n) is 0.928. The molecular weight excluding hydrogens is 220 g/mol. The van der Waals surface area contributed by atoms with Crippen LogP contribution in [0.5, 0.6) is 0 Å². The van der Waals surface area contributed by atoms with E-state index < -0.39 is 21.5 Å². The summed E-state index contributed by atoms with van der Waals surface area (Å²) in [6.45, 7) is 1.44. The topological polar surface area (TPSA) is 43.1 Å². The Labute approximate surface area is 83.2 Å². The molecule has 0 atom stereocenters. The maximum absolute atomic E-state index is 13.0. The minimum atomic E-state index is -0.958. The van der Waals surface area contributed by atoms with E-state index in [-0.39, 0.29) is 10.6 Å². The van der Waals surface area contributed by atoms with Crippen molar-refractivity contribution in [2.24, 2.45) is 0 Å². The number of halogens is 3. The quantitative estimate of drug-likeness (QED) is 0.417. The summed E-state index contributed by atoms with van der Waals surface area (Å²) in [6.07, 6.45) is 0. The molecule has 0 aliphatic heterocycles. The molecular formula is C7H4Cl2FNO2. The van der Waals surface area contributed by atoms with Crippen LogP contribution in [0.2, 0.25) is 10.0 Å². The number of nitro benzene ring substituents is 1. The first-order valence-corrected chi connectivity index (χ1v) is 3.99. The Bertz CT molecular complexity index is 381. The molecule has 0 heterocycles. The van der Waals surface area contributed by atoms with Crippen LogP contribution in [0.1, 0.15) is 5.56 Å². The number of rotatable bonds is 1. The Morgan fingerprint density at radius 2 is 2.08 bits per heavy atom. The summed E-state index contributed by atoms with van der Waals surface area (Å²) in [5, 5.41) is 9.66. The average molecular weight is 224 g/mol. The zero-order chi connectivity index (χ0) is 10.2. The van der Waals surface area contributed by atoms with Gasteiger partial charge in [0.1, 0.15) is 0 Å². The van der Waals surface area contributed by atoms with Crippen molar-refractivity contribution >= 4 is 28.9 Å². The van der Waals surface area contributed by atoms with Crippen molar-refractivity contribution in [3.8, 4) is 0 Å². The van der Waals surface area contributed by atoms with Crippen molar-refractivity contribution in [1.82, 2.24) is 0 Å². The van der Waals surface area contributed by atoms with Crippen LogP contribution in [0.25, 0.3) is 0 Å². The second-order valence-corrected chi connectivity index (χ2v) is 3.19. The lowest BCUT2D eigenvalue weighted by Gasteiger charge is -2.01. The third-order valence-electron chi connectivity index (χ3n) is 1.51. The highest BCUT2D eigenvalue weighted by Crippen LogP contribution is 2.34. The van der Waals surface area contributed by atoms with E-state index in [4.69, 9.17) is 23.2 Å². The highest BCUT2D eigenvalue weighted by atomic mass is 35.5. The Morgan fingerprint density at radius 3 is 2.54 bits per heavy atom. The lowest BCUT2D eigenvalue weighted by atomic mass is 10.2. The van der Waals surface area contributed by atoms with Gasteiger partial charge in [-0.25, -0.2) is 4.39 Å². The molecule has 0 spiro atoms. The molecule has 0 aliphatic rings. The summed E-state index contributed by atoms with van der Waals surface area (Å²) in [7, 11) is 0. The van der Waals surface area contributed by atoms with Gasteiger partial charge in [-0.3, -0.25) is 10.1 Å². The van der Waals surface area contributed by atoms with Crippen molar-refractivity contribution in [2.75, 3.05) is 0 Å². The van der Waals surface area contributed by atoms with Crippen LogP contribution in [0.4, 0.5) is 10.1 Å². The number of benzene rings is 1. The largest absolute Gasteiger partial charge is 0.293 e.